The van der Waals surface area contributed by atoms with Gasteiger partial charge in [0.05, 0.1) is 22.9 Å². The van der Waals surface area contributed by atoms with Gasteiger partial charge < -0.3 is 15.2 Å². The van der Waals surface area contributed by atoms with Crippen LogP contribution in [0.4, 0.5) is 0 Å². The third-order valence-electron chi connectivity index (χ3n) is 3.36. The molecule has 1 aromatic heterocycles. The number of phenols is 1. The molecule has 0 bridgehead atoms. The van der Waals surface area contributed by atoms with Gasteiger partial charge in [-0.2, -0.15) is 5.10 Å². The number of aromatic hydroxyl groups is 1. The molecule has 8 heteroatoms. The first-order valence-electron chi connectivity index (χ1n) is 7.77. The Balaban J connectivity index is 2.07. The fourth-order valence-corrected chi connectivity index (χ4v) is 3.46. The number of methoxy groups -OCH3 is 1. The van der Waals surface area contributed by atoms with Crippen LogP contribution in [0.3, 0.4) is 0 Å². The third-order valence-corrected chi connectivity index (χ3v) is 4.88. The van der Waals surface area contributed by atoms with Crippen molar-refractivity contribution in [3.8, 4) is 16.3 Å². The molecule has 0 aliphatic rings. The largest absolute Gasteiger partial charge is 0.508 e. The minimum absolute atomic E-state index is 0.103. The van der Waals surface area contributed by atoms with Gasteiger partial charge in [0.1, 0.15) is 10.8 Å². The zero-order chi connectivity index (χ0) is 18.4. The summed E-state index contributed by atoms with van der Waals surface area (Å²) in [5.74, 6) is 0.239. The number of hydrogen-bond acceptors (Lipinski definition) is 6. The van der Waals surface area contributed by atoms with E-state index >= 15 is 0 Å². The molecule has 25 heavy (non-hydrogen) atoms. The van der Waals surface area contributed by atoms with E-state index in [9.17, 15) is 5.11 Å². The summed E-state index contributed by atoms with van der Waals surface area (Å²) in [5, 5.41) is 18.2. The normalized spacial score (nSPS) is 12.7. The summed E-state index contributed by atoms with van der Waals surface area (Å²) < 4.78 is 5.06. The molecule has 0 fully saturated rings. The van der Waals surface area contributed by atoms with Crippen molar-refractivity contribution in [2.75, 3.05) is 13.7 Å². The van der Waals surface area contributed by atoms with Crippen LogP contribution in [0.25, 0.3) is 10.6 Å². The molecule has 134 valence electrons. The molecule has 1 heterocycles. The van der Waals surface area contributed by atoms with E-state index < -0.39 is 0 Å². The maximum atomic E-state index is 9.40. The first-order chi connectivity index (χ1) is 11.9. The first-order valence-corrected chi connectivity index (χ1v) is 9.00. The van der Waals surface area contributed by atoms with Crippen molar-refractivity contribution in [2.24, 2.45) is 5.10 Å². The van der Waals surface area contributed by atoms with Gasteiger partial charge in [0.15, 0.2) is 5.11 Å². The summed E-state index contributed by atoms with van der Waals surface area (Å²) in [4.78, 5) is 5.58. The number of hydrogen-bond donors (Lipinski definition) is 3. The summed E-state index contributed by atoms with van der Waals surface area (Å²) in [6.07, 6.45) is 0. The van der Waals surface area contributed by atoms with E-state index in [1.165, 1.54) is 0 Å². The number of thiazole rings is 1. The van der Waals surface area contributed by atoms with Gasteiger partial charge in [-0.05, 0) is 57.3 Å². The van der Waals surface area contributed by atoms with Crippen LogP contribution in [0.2, 0.25) is 0 Å². The molecule has 1 atom stereocenters. The second-order valence-electron chi connectivity index (χ2n) is 5.62. The fraction of sp³-hybridized carbons (Fsp3) is 0.353. The van der Waals surface area contributed by atoms with Crippen molar-refractivity contribution in [1.29, 1.82) is 0 Å². The summed E-state index contributed by atoms with van der Waals surface area (Å²) in [5.41, 5.74) is 5.53. The number of ether oxygens (including phenoxy) is 1. The maximum Gasteiger partial charge on any atom is 0.187 e. The van der Waals surface area contributed by atoms with Crippen LogP contribution in [0.5, 0.6) is 5.75 Å². The molecule has 0 unspecified atom stereocenters. The topological polar surface area (TPSA) is 78.8 Å². The Hall–Kier alpha value is -2.03. The van der Waals surface area contributed by atoms with Crippen LogP contribution in [0, 0.1) is 6.92 Å². The van der Waals surface area contributed by atoms with E-state index in [1.807, 2.05) is 32.9 Å². The Bertz CT molecular complexity index is 757. The fourth-order valence-electron chi connectivity index (χ4n) is 2.19. The Morgan fingerprint density at radius 1 is 1.40 bits per heavy atom. The van der Waals surface area contributed by atoms with Gasteiger partial charge in [-0.25, -0.2) is 4.98 Å². The third kappa shape index (κ3) is 5.48. The minimum Gasteiger partial charge on any atom is -0.508 e. The Morgan fingerprint density at radius 3 is 2.72 bits per heavy atom. The highest BCUT2D eigenvalue weighted by molar-refractivity contribution is 7.80. The molecular weight excluding hydrogens is 356 g/mol. The highest BCUT2D eigenvalue weighted by atomic mass is 32.1. The predicted molar refractivity (Wildman–Crippen MR) is 106 cm³/mol. The van der Waals surface area contributed by atoms with Crippen molar-refractivity contribution in [1.82, 2.24) is 15.7 Å². The van der Waals surface area contributed by atoms with Crippen molar-refractivity contribution >= 4 is 34.4 Å². The number of hydrazone groups is 1. The smallest absolute Gasteiger partial charge is 0.187 e. The van der Waals surface area contributed by atoms with Crippen LogP contribution in [-0.2, 0) is 4.74 Å². The number of phenolic OH excluding ortho intramolecular Hbond substituents is 1. The molecule has 3 N–H and O–H groups in total. The van der Waals surface area contributed by atoms with Crippen molar-refractivity contribution < 1.29 is 9.84 Å². The highest BCUT2D eigenvalue weighted by Crippen LogP contribution is 2.29. The van der Waals surface area contributed by atoms with Crippen LogP contribution in [0.1, 0.15) is 24.4 Å². The molecule has 0 saturated carbocycles. The lowest BCUT2D eigenvalue weighted by atomic mass is 10.2. The maximum absolute atomic E-state index is 9.40. The molecule has 0 saturated heterocycles. The van der Waals surface area contributed by atoms with Crippen LogP contribution in [-0.4, -0.2) is 40.7 Å². The van der Waals surface area contributed by atoms with E-state index in [0.29, 0.717) is 11.7 Å². The summed E-state index contributed by atoms with van der Waals surface area (Å²) in [6.45, 7) is 6.40. The Morgan fingerprint density at radius 2 is 2.08 bits per heavy atom. The van der Waals surface area contributed by atoms with E-state index in [1.54, 1.807) is 30.6 Å². The number of benzene rings is 1. The summed E-state index contributed by atoms with van der Waals surface area (Å²) in [6, 6.07) is 7.10. The quantitative estimate of drug-likeness (QED) is 0.407. The minimum atomic E-state index is 0.103. The van der Waals surface area contributed by atoms with E-state index in [-0.39, 0.29) is 11.8 Å². The van der Waals surface area contributed by atoms with Gasteiger partial charge in [-0.3, -0.25) is 5.43 Å². The summed E-state index contributed by atoms with van der Waals surface area (Å²) >= 11 is 6.77. The number of thiocarbonyl (C=S) groups is 1. The van der Waals surface area contributed by atoms with Gasteiger partial charge in [-0.15, -0.1) is 11.3 Å². The molecule has 2 aromatic rings. The predicted octanol–water partition coefficient (Wildman–Crippen LogP) is 3.05. The molecule has 0 amide bonds. The second kappa shape index (κ2) is 8.89. The lowest BCUT2D eigenvalue weighted by molar-refractivity contribution is 0.179. The van der Waals surface area contributed by atoms with Gasteiger partial charge in [0, 0.05) is 18.7 Å². The zero-order valence-electron chi connectivity index (χ0n) is 14.7. The molecule has 0 aliphatic carbocycles. The number of rotatable bonds is 6. The molecular formula is C17H22N4O2S2. The van der Waals surface area contributed by atoms with E-state index in [2.05, 4.69) is 20.8 Å². The average Bonchev–Trinajstić information content (AvgIpc) is 2.95. The van der Waals surface area contributed by atoms with Crippen molar-refractivity contribution in [3.63, 3.8) is 0 Å². The molecule has 2 rings (SSSR count). The van der Waals surface area contributed by atoms with Crippen LogP contribution in [0.15, 0.2) is 29.4 Å². The molecule has 1 aromatic carbocycles. The summed E-state index contributed by atoms with van der Waals surface area (Å²) in [7, 11) is 1.65. The van der Waals surface area contributed by atoms with Crippen LogP contribution < -0.4 is 10.7 Å². The molecule has 0 spiro atoms. The van der Waals surface area contributed by atoms with Crippen LogP contribution >= 0.6 is 23.6 Å². The Kier molecular flexibility index (Phi) is 6.86. The SMILES string of the molecule is COC[C@@H](C)NC(=S)N/N=C(\C)c1sc(-c2ccc(O)cc2)nc1C. The first kappa shape index (κ1) is 19.3. The zero-order valence-corrected chi connectivity index (χ0v) is 16.3. The number of nitrogens with one attached hydrogen (secondary N) is 2. The lowest BCUT2D eigenvalue weighted by Crippen LogP contribution is -2.40. The van der Waals surface area contributed by atoms with Gasteiger partial charge in [0.25, 0.3) is 0 Å². The number of nitrogens with zero attached hydrogens (tertiary/aromatic N) is 2. The number of aryl methyl sites for hydroxylation is 1. The molecule has 0 aliphatic heterocycles. The van der Waals surface area contributed by atoms with Gasteiger partial charge in [0.2, 0.25) is 0 Å². The highest BCUT2D eigenvalue weighted by Gasteiger charge is 2.12. The van der Waals surface area contributed by atoms with E-state index in [4.69, 9.17) is 17.0 Å². The van der Waals surface area contributed by atoms with Gasteiger partial charge in [-0.1, -0.05) is 0 Å². The molecule has 6 nitrogen and oxygen atoms in total. The monoisotopic (exact) mass is 378 g/mol. The van der Waals surface area contributed by atoms with Crippen molar-refractivity contribution in [3.05, 3.63) is 34.8 Å². The number of aromatic nitrogens is 1. The van der Waals surface area contributed by atoms with Gasteiger partial charge >= 0.3 is 0 Å². The average molecular weight is 379 g/mol. The second-order valence-corrected chi connectivity index (χ2v) is 7.03. The van der Waals surface area contributed by atoms with Crippen molar-refractivity contribution in [2.45, 2.75) is 26.8 Å². The Labute approximate surface area is 156 Å². The molecule has 0 radical (unpaired) electrons. The lowest BCUT2D eigenvalue weighted by Gasteiger charge is -2.14. The van der Waals surface area contributed by atoms with E-state index in [0.717, 1.165) is 26.9 Å². The standard InChI is InChI=1S/C17H22N4O2S2/c1-10(9-23-4)18-17(24)21-20-12(3)15-11(2)19-16(25-15)13-5-7-14(22)8-6-13/h5-8,10,22H,9H2,1-4H3,(H2,18,21,24)/b20-12+/t10-/m1/s1.